The van der Waals surface area contributed by atoms with E-state index in [0.29, 0.717) is 16.1 Å². The van der Waals surface area contributed by atoms with E-state index in [1.165, 1.54) is 6.21 Å². The van der Waals surface area contributed by atoms with Crippen LogP contribution in [-0.2, 0) is 0 Å². The van der Waals surface area contributed by atoms with Crippen LogP contribution in [0.1, 0.15) is 15.9 Å². The van der Waals surface area contributed by atoms with Crippen molar-refractivity contribution in [2.75, 3.05) is 0 Å². The summed E-state index contributed by atoms with van der Waals surface area (Å²) in [6, 6.07) is 17.8. The molecule has 4 nitrogen and oxygen atoms in total. The van der Waals surface area contributed by atoms with Crippen LogP contribution < -0.4 is 5.43 Å². The Bertz CT molecular complexity index is 906. The van der Waals surface area contributed by atoms with Crippen molar-refractivity contribution in [1.29, 1.82) is 0 Å². The number of halogens is 1. The van der Waals surface area contributed by atoms with E-state index in [0.717, 1.165) is 10.8 Å². The highest BCUT2D eigenvalue weighted by Crippen LogP contribution is 2.27. The Balaban J connectivity index is 1.80. The number of carbonyl (C=O) groups excluding carboxylic acids is 1. The second-order valence-electron chi connectivity index (χ2n) is 4.90. The van der Waals surface area contributed by atoms with Crippen molar-refractivity contribution in [2.24, 2.45) is 5.10 Å². The van der Waals surface area contributed by atoms with Gasteiger partial charge in [-0.2, -0.15) is 5.10 Å². The molecule has 5 heteroatoms. The molecule has 0 saturated carbocycles. The Kier molecular flexibility index (Phi) is 4.26. The van der Waals surface area contributed by atoms with Crippen molar-refractivity contribution >= 4 is 34.5 Å². The Morgan fingerprint density at radius 1 is 1.04 bits per heavy atom. The average molecular weight is 325 g/mol. The molecule has 0 aliphatic rings. The molecular weight excluding hydrogens is 312 g/mol. The van der Waals surface area contributed by atoms with E-state index in [9.17, 15) is 9.90 Å². The molecule has 0 atom stereocenters. The molecule has 0 unspecified atom stereocenters. The SMILES string of the molecule is O=C(N/N=C/c1ccc2ccccc2c1O)c1ccccc1Cl. The van der Waals surface area contributed by atoms with Crippen LogP contribution in [0.15, 0.2) is 65.8 Å². The zero-order valence-corrected chi connectivity index (χ0v) is 12.8. The number of nitrogens with one attached hydrogen (secondary N) is 1. The lowest BCUT2D eigenvalue weighted by Gasteiger charge is -2.04. The molecular formula is C18H13ClN2O2. The van der Waals surface area contributed by atoms with Crippen LogP contribution in [0.4, 0.5) is 0 Å². The lowest BCUT2D eigenvalue weighted by molar-refractivity contribution is 0.0955. The van der Waals surface area contributed by atoms with Crippen molar-refractivity contribution in [3.05, 3.63) is 76.8 Å². The number of carbonyl (C=O) groups is 1. The first-order valence-electron chi connectivity index (χ1n) is 6.95. The van der Waals surface area contributed by atoms with E-state index in [1.54, 1.807) is 30.3 Å². The first kappa shape index (κ1) is 15.1. The Morgan fingerprint density at radius 3 is 2.61 bits per heavy atom. The number of phenols is 1. The number of phenolic OH excluding ortho intramolecular Hbond substituents is 1. The number of benzene rings is 3. The van der Waals surface area contributed by atoms with E-state index >= 15 is 0 Å². The maximum atomic E-state index is 12.0. The predicted molar refractivity (Wildman–Crippen MR) is 92.1 cm³/mol. The van der Waals surface area contributed by atoms with Crippen LogP contribution in [0.2, 0.25) is 5.02 Å². The minimum atomic E-state index is -0.410. The van der Waals surface area contributed by atoms with E-state index in [1.807, 2.05) is 30.3 Å². The van der Waals surface area contributed by atoms with Crippen LogP contribution >= 0.6 is 11.6 Å². The molecule has 1 amide bonds. The third kappa shape index (κ3) is 3.17. The fourth-order valence-electron chi connectivity index (χ4n) is 2.24. The maximum Gasteiger partial charge on any atom is 0.272 e. The smallest absolute Gasteiger partial charge is 0.272 e. The lowest BCUT2D eigenvalue weighted by atomic mass is 10.1. The minimum absolute atomic E-state index is 0.124. The summed E-state index contributed by atoms with van der Waals surface area (Å²) in [6.07, 6.45) is 1.40. The molecule has 0 radical (unpaired) electrons. The molecule has 114 valence electrons. The third-order valence-electron chi connectivity index (χ3n) is 3.42. The van der Waals surface area contributed by atoms with Gasteiger partial charge < -0.3 is 5.11 Å². The van der Waals surface area contributed by atoms with Gasteiger partial charge in [0.2, 0.25) is 0 Å². The Labute approximate surface area is 138 Å². The van der Waals surface area contributed by atoms with Crippen molar-refractivity contribution in [2.45, 2.75) is 0 Å². The third-order valence-corrected chi connectivity index (χ3v) is 3.75. The zero-order valence-electron chi connectivity index (χ0n) is 12.0. The molecule has 0 fully saturated rings. The normalized spacial score (nSPS) is 11.0. The van der Waals surface area contributed by atoms with Gasteiger partial charge in [0.1, 0.15) is 5.75 Å². The van der Waals surface area contributed by atoms with Crippen molar-refractivity contribution in [1.82, 2.24) is 5.43 Å². The second kappa shape index (κ2) is 6.50. The van der Waals surface area contributed by atoms with Crippen LogP contribution in [0, 0.1) is 0 Å². The van der Waals surface area contributed by atoms with Gasteiger partial charge in [0.15, 0.2) is 0 Å². The standard InChI is InChI=1S/C18H13ClN2O2/c19-16-8-4-3-7-15(16)18(23)21-20-11-13-10-9-12-5-1-2-6-14(12)17(13)22/h1-11,22H,(H,21,23)/b20-11+. The predicted octanol–water partition coefficient (Wildman–Crippen LogP) is 3.96. The Morgan fingerprint density at radius 2 is 1.78 bits per heavy atom. The number of hydrogen-bond acceptors (Lipinski definition) is 3. The molecule has 0 saturated heterocycles. The number of amides is 1. The molecule has 0 aromatic heterocycles. The number of aromatic hydroxyl groups is 1. The second-order valence-corrected chi connectivity index (χ2v) is 5.31. The fraction of sp³-hybridized carbons (Fsp3) is 0. The molecule has 3 aromatic carbocycles. The summed E-state index contributed by atoms with van der Waals surface area (Å²) in [4.78, 5) is 12.0. The van der Waals surface area contributed by atoms with Gasteiger partial charge in [0.25, 0.3) is 5.91 Å². The summed E-state index contributed by atoms with van der Waals surface area (Å²) < 4.78 is 0. The molecule has 3 aromatic rings. The van der Waals surface area contributed by atoms with Crippen LogP contribution in [0.3, 0.4) is 0 Å². The van der Waals surface area contributed by atoms with Gasteiger partial charge in [-0.3, -0.25) is 4.79 Å². The zero-order chi connectivity index (χ0) is 16.2. The lowest BCUT2D eigenvalue weighted by Crippen LogP contribution is -2.17. The molecule has 0 aliphatic heterocycles. The van der Waals surface area contributed by atoms with Gasteiger partial charge in [0.05, 0.1) is 16.8 Å². The summed E-state index contributed by atoms with van der Waals surface area (Å²) in [5.41, 5.74) is 3.26. The minimum Gasteiger partial charge on any atom is -0.507 e. The van der Waals surface area contributed by atoms with E-state index < -0.39 is 5.91 Å². The van der Waals surface area contributed by atoms with Crippen molar-refractivity contribution < 1.29 is 9.90 Å². The van der Waals surface area contributed by atoms with Crippen LogP contribution in [0.25, 0.3) is 10.8 Å². The monoisotopic (exact) mass is 324 g/mol. The van der Waals surface area contributed by atoms with Gasteiger partial charge in [-0.05, 0) is 23.6 Å². The fourth-order valence-corrected chi connectivity index (χ4v) is 2.46. The molecule has 2 N–H and O–H groups in total. The van der Waals surface area contributed by atoms with Crippen LogP contribution in [0.5, 0.6) is 5.75 Å². The molecule has 0 spiro atoms. The van der Waals surface area contributed by atoms with Gasteiger partial charge >= 0.3 is 0 Å². The summed E-state index contributed by atoms with van der Waals surface area (Å²) in [6.45, 7) is 0. The van der Waals surface area contributed by atoms with E-state index in [2.05, 4.69) is 10.5 Å². The highest BCUT2D eigenvalue weighted by molar-refractivity contribution is 6.33. The molecule has 3 rings (SSSR count). The largest absolute Gasteiger partial charge is 0.507 e. The molecule has 0 heterocycles. The number of rotatable bonds is 3. The summed E-state index contributed by atoms with van der Waals surface area (Å²) in [7, 11) is 0. The van der Waals surface area contributed by atoms with E-state index in [-0.39, 0.29) is 5.75 Å². The summed E-state index contributed by atoms with van der Waals surface area (Å²) in [5.74, 6) is -0.286. The maximum absolute atomic E-state index is 12.0. The summed E-state index contributed by atoms with van der Waals surface area (Å²) in [5, 5.41) is 16.2. The molecule has 0 bridgehead atoms. The first-order valence-corrected chi connectivity index (χ1v) is 7.33. The average Bonchev–Trinajstić information content (AvgIpc) is 2.57. The van der Waals surface area contributed by atoms with E-state index in [4.69, 9.17) is 11.6 Å². The summed E-state index contributed by atoms with van der Waals surface area (Å²) >= 11 is 5.95. The number of fused-ring (bicyclic) bond motifs is 1. The Hall–Kier alpha value is -2.85. The number of hydrazone groups is 1. The number of hydrogen-bond donors (Lipinski definition) is 2. The molecule has 23 heavy (non-hydrogen) atoms. The highest BCUT2D eigenvalue weighted by Gasteiger charge is 2.08. The number of nitrogens with zero attached hydrogens (tertiary/aromatic N) is 1. The van der Waals surface area contributed by atoms with Crippen molar-refractivity contribution in [3.8, 4) is 5.75 Å². The van der Waals surface area contributed by atoms with Crippen LogP contribution in [-0.4, -0.2) is 17.2 Å². The topological polar surface area (TPSA) is 61.7 Å². The highest BCUT2D eigenvalue weighted by atomic mass is 35.5. The quantitative estimate of drug-likeness (QED) is 0.566. The van der Waals surface area contributed by atoms with Gasteiger partial charge in [-0.1, -0.05) is 54.1 Å². The van der Waals surface area contributed by atoms with Crippen molar-refractivity contribution in [3.63, 3.8) is 0 Å². The van der Waals surface area contributed by atoms with Gasteiger partial charge in [-0.15, -0.1) is 0 Å². The van der Waals surface area contributed by atoms with Gasteiger partial charge in [0, 0.05) is 10.9 Å². The van der Waals surface area contributed by atoms with Gasteiger partial charge in [-0.25, -0.2) is 5.43 Å². The molecule has 0 aliphatic carbocycles. The first-order chi connectivity index (χ1) is 11.2.